The maximum Gasteiger partial charge on any atom is 0.237 e. The first-order valence-electron chi connectivity index (χ1n) is 11.9. The molecule has 10 heteroatoms. The lowest BCUT2D eigenvalue weighted by Gasteiger charge is -2.35. The van der Waals surface area contributed by atoms with Crippen molar-refractivity contribution in [2.75, 3.05) is 36.8 Å². The number of halogens is 1. The van der Waals surface area contributed by atoms with E-state index in [1.807, 2.05) is 12.1 Å². The number of amides is 2. The third-order valence-electron chi connectivity index (χ3n) is 6.50. The zero-order chi connectivity index (χ0) is 25.7. The smallest absolute Gasteiger partial charge is 0.237 e. The van der Waals surface area contributed by atoms with Gasteiger partial charge in [0.15, 0.2) is 9.84 Å². The highest BCUT2D eigenvalue weighted by Crippen LogP contribution is 2.25. The summed E-state index contributed by atoms with van der Waals surface area (Å²) < 4.78 is 25.9. The maximum atomic E-state index is 13.2. The molecule has 190 valence electrons. The van der Waals surface area contributed by atoms with Crippen molar-refractivity contribution in [3.05, 3.63) is 65.9 Å². The number of hydrogen-bond acceptors (Lipinski definition) is 6. The number of benzene rings is 2. The van der Waals surface area contributed by atoms with E-state index in [0.717, 1.165) is 16.5 Å². The Balaban J connectivity index is 1.36. The average molecular weight is 529 g/mol. The second-order valence-corrected chi connectivity index (χ2v) is 11.6. The molecule has 0 saturated carbocycles. The molecule has 4 rings (SSSR count). The molecule has 1 aromatic heterocycles. The van der Waals surface area contributed by atoms with Crippen molar-refractivity contribution >= 4 is 49.7 Å². The summed E-state index contributed by atoms with van der Waals surface area (Å²) in [7, 11) is -3.57. The van der Waals surface area contributed by atoms with Crippen molar-refractivity contribution in [3.8, 4) is 0 Å². The van der Waals surface area contributed by atoms with Crippen molar-refractivity contribution in [2.45, 2.75) is 24.2 Å². The fraction of sp³-hybridized carbons (Fsp3) is 0.346. The Morgan fingerprint density at radius 2 is 1.69 bits per heavy atom. The van der Waals surface area contributed by atoms with Gasteiger partial charge in [0.25, 0.3) is 0 Å². The van der Waals surface area contributed by atoms with Crippen LogP contribution in [0.15, 0.2) is 65.8 Å². The average Bonchev–Trinajstić information content (AvgIpc) is 2.87. The van der Waals surface area contributed by atoms with Crippen LogP contribution < -0.4 is 10.6 Å². The first-order chi connectivity index (χ1) is 17.2. The van der Waals surface area contributed by atoms with E-state index in [-0.39, 0.29) is 42.0 Å². The monoisotopic (exact) mass is 528 g/mol. The molecule has 3 aromatic rings. The van der Waals surface area contributed by atoms with E-state index in [9.17, 15) is 18.0 Å². The second kappa shape index (κ2) is 11.3. The highest BCUT2D eigenvalue weighted by Gasteiger charge is 2.29. The van der Waals surface area contributed by atoms with E-state index >= 15 is 0 Å². The zero-order valence-electron chi connectivity index (χ0n) is 19.8. The molecule has 1 aliphatic rings. The molecule has 2 aromatic carbocycles. The zero-order valence-corrected chi connectivity index (χ0v) is 21.4. The number of hydrogen-bond donors (Lipinski definition) is 1. The van der Waals surface area contributed by atoms with Gasteiger partial charge in [-0.2, -0.15) is 0 Å². The first kappa shape index (κ1) is 25.9. The van der Waals surface area contributed by atoms with E-state index in [0.29, 0.717) is 31.0 Å². The molecule has 8 nitrogen and oxygen atoms in total. The van der Waals surface area contributed by atoms with Crippen LogP contribution in [0.2, 0.25) is 5.02 Å². The van der Waals surface area contributed by atoms with E-state index < -0.39 is 15.7 Å². The first-order valence-corrected chi connectivity index (χ1v) is 13.9. The van der Waals surface area contributed by atoms with Crippen LogP contribution in [0.5, 0.6) is 0 Å². The van der Waals surface area contributed by atoms with Crippen molar-refractivity contribution in [1.29, 1.82) is 0 Å². The Bertz CT molecular complexity index is 1340. The van der Waals surface area contributed by atoms with Crippen molar-refractivity contribution < 1.29 is 18.0 Å². The summed E-state index contributed by atoms with van der Waals surface area (Å²) in [4.78, 5) is 32.7. The van der Waals surface area contributed by atoms with Crippen LogP contribution in [0.25, 0.3) is 10.8 Å². The molecule has 36 heavy (non-hydrogen) atoms. The van der Waals surface area contributed by atoms with E-state index in [1.54, 1.807) is 48.8 Å². The predicted molar refractivity (Wildman–Crippen MR) is 141 cm³/mol. The number of fused-ring (bicyclic) bond motifs is 1. The number of piperidine rings is 1. The van der Waals surface area contributed by atoms with E-state index in [4.69, 9.17) is 17.3 Å². The Hall–Kier alpha value is -3.17. The Morgan fingerprint density at radius 1 is 1.03 bits per heavy atom. The molecule has 0 bridgehead atoms. The minimum atomic E-state index is -3.57. The lowest BCUT2D eigenvalue weighted by atomic mass is 9.94. The van der Waals surface area contributed by atoms with Gasteiger partial charge in [0.1, 0.15) is 0 Å². The number of nitrogens with two attached hydrogens (primary N) is 1. The summed E-state index contributed by atoms with van der Waals surface area (Å²) in [5.41, 5.74) is 6.46. The molecule has 1 fully saturated rings. The number of carbonyl (C=O) groups excluding carboxylic acids is 2. The van der Waals surface area contributed by atoms with Gasteiger partial charge < -0.3 is 15.5 Å². The molecule has 0 atom stereocenters. The lowest BCUT2D eigenvalue weighted by Crippen LogP contribution is -2.46. The predicted octanol–water partition coefficient (Wildman–Crippen LogP) is 3.28. The number of carbonyl (C=O) groups is 2. The number of pyridine rings is 1. The van der Waals surface area contributed by atoms with Gasteiger partial charge in [0.05, 0.1) is 17.2 Å². The van der Waals surface area contributed by atoms with Crippen molar-refractivity contribution in [2.24, 2.45) is 11.7 Å². The van der Waals surface area contributed by atoms with E-state index in [2.05, 4.69) is 9.88 Å². The van der Waals surface area contributed by atoms with Gasteiger partial charge in [-0.3, -0.25) is 14.6 Å². The number of primary amides is 1. The minimum Gasteiger partial charge on any atom is -0.371 e. The Kier molecular flexibility index (Phi) is 8.11. The summed E-state index contributed by atoms with van der Waals surface area (Å²) in [6.07, 6.45) is 4.98. The number of sulfone groups is 1. The van der Waals surface area contributed by atoms with Crippen LogP contribution in [0.1, 0.15) is 19.3 Å². The summed E-state index contributed by atoms with van der Waals surface area (Å²) in [6.45, 7) is 1.35. The Morgan fingerprint density at radius 3 is 2.39 bits per heavy atom. The van der Waals surface area contributed by atoms with Crippen LogP contribution >= 0.6 is 11.6 Å². The topological polar surface area (TPSA) is 114 Å². The number of anilines is 1. The van der Waals surface area contributed by atoms with Gasteiger partial charge in [-0.25, -0.2) is 8.42 Å². The second-order valence-electron chi connectivity index (χ2n) is 9.02. The van der Waals surface area contributed by atoms with Gasteiger partial charge >= 0.3 is 0 Å². The van der Waals surface area contributed by atoms with Crippen LogP contribution in [0, 0.1) is 5.92 Å². The standard InChI is InChI=1S/C26H29ClN4O4S/c27-22-4-2-21-17-24(5-3-20(21)16-22)36(34,35)15-1-12-31(18-25(28)32)26(33)19-8-13-30(14-9-19)23-6-10-29-11-7-23/h2-7,10-11,16-17,19H,1,8-9,12-15,18H2,(H2,28,32). The molecule has 0 radical (unpaired) electrons. The molecule has 1 aliphatic heterocycles. The van der Waals surface area contributed by atoms with E-state index in [1.165, 1.54) is 4.90 Å². The van der Waals surface area contributed by atoms with Gasteiger partial charge in [-0.15, -0.1) is 0 Å². The van der Waals surface area contributed by atoms with Crippen LogP contribution in [0.3, 0.4) is 0 Å². The Labute approximate surface area is 216 Å². The van der Waals surface area contributed by atoms with Gasteiger partial charge in [-0.05, 0) is 66.4 Å². The van der Waals surface area contributed by atoms with Crippen LogP contribution in [-0.2, 0) is 19.4 Å². The number of rotatable bonds is 9. The molecule has 0 unspecified atom stereocenters. The summed E-state index contributed by atoms with van der Waals surface area (Å²) in [6, 6.07) is 14.1. The third-order valence-corrected chi connectivity index (χ3v) is 8.54. The maximum absolute atomic E-state index is 13.2. The molecule has 2 heterocycles. The minimum absolute atomic E-state index is 0.144. The summed E-state index contributed by atoms with van der Waals surface area (Å²) in [5.74, 6) is -1.14. The summed E-state index contributed by atoms with van der Waals surface area (Å²) in [5, 5.41) is 2.22. The van der Waals surface area contributed by atoms with Gasteiger partial charge in [-0.1, -0.05) is 23.7 Å². The quantitative estimate of drug-likeness (QED) is 0.456. The molecule has 1 saturated heterocycles. The largest absolute Gasteiger partial charge is 0.371 e. The molecular formula is C26H29ClN4O4S. The molecule has 0 spiro atoms. The molecular weight excluding hydrogens is 500 g/mol. The molecule has 2 amide bonds. The normalized spacial score (nSPS) is 14.6. The van der Waals surface area contributed by atoms with Crippen molar-refractivity contribution in [3.63, 3.8) is 0 Å². The van der Waals surface area contributed by atoms with Crippen LogP contribution in [0.4, 0.5) is 5.69 Å². The third kappa shape index (κ3) is 6.33. The molecule has 0 aliphatic carbocycles. The highest BCUT2D eigenvalue weighted by molar-refractivity contribution is 7.91. The number of aromatic nitrogens is 1. The van der Waals surface area contributed by atoms with Gasteiger partial charge in [0.2, 0.25) is 11.8 Å². The fourth-order valence-corrected chi connectivity index (χ4v) is 6.11. The fourth-order valence-electron chi connectivity index (χ4n) is 4.60. The summed E-state index contributed by atoms with van der Waals surface area (Å²) >= 11 is 6.01. The SMILES string of the molecule is NC(=O)CN(CCCS(=O)(=O)c1ccc2cc(Cl)ccc2c1)C(=O)C1CCN(c2ccncc2)CC1. The van der Waals surface area contributed by atoms with Crippen LogP contribution in [-0.4, -0.2) is 62.0 Å². The lowest BCUT2D eigenvalue weighted by molar-refractivity contribution is -0.139. The van der Waals surface area contributed by atoms with Crippen molar-refractivity contribution in [1.82, 2.24) is 9.88 Å². The molecule has 2 N–H and O–H groups in total. The number of nitrogens with zero attached hydrogens (tertiary/aromatic N) is 3. The highest BCUT2D eigenvalue weighted by atomic mass is 35.5. The van der Waals surface area contributed by atoms with Gasteiger partial charge in [0, 0.05) is 48.7 Å².